The van der Waals surface area contributed by atoms with Gasteiger partial charge in [-0.25, -0.2) is 4.98 Å². The number of aromatic nitrogens is 4. The van der Waals surface area contributed by atoms with Crippen LogP contribution in [0.25, 0.3) is 22.6 Å². The number of halogens is 1. The Morgan fingerprint density at radius 3 is 2.61 bits per heavy atom. The Labute approximate surface area is 185 Å². The summed E-state index contributed by atoms with van der Waals surface area (Å²) in [7, 11) is 1.94. The van der Waals surface area contributed by atoms with Gasteiger partial charge in [0, 0.05) is 61.0 Å². The molecule has 1 aliphatic rings. The number of benzene rings is 2. The van der Waals surface area contributed by atoms with Crippen LogP contribution in [0.5, 0.6) is 0 Å². The van der Waals surface area contributed by atoms with Gasteiger partial charge in [0.1, 0.15) is 5.82 Å². The predicted molar refractivity (Wildman–Crippen MR) is 122 cm³/mol. The fraction of sp³-hybridized carbons (Fsp3) is 0.208. The maximum atomic E-state index is 12.9. The maximum absolute atomic E-state index is 12.9. The van der Waals surface area contributed by atoms with Crippen LogP contribution < -0.4 is 5.56 Å². The highest BCUT2D eigenvalue weighted by Gasteiger charge is 2.23. The SMILES string of the molecule is Cn1cc(CN2CCc3nc(-c4ccc(Cl)cc4)[nH]c(=O)c3C2)c(-c2ccccc2)n1. The first kappa shape index (κ1) is 19.7. The molecule has 0 amide bonds. The Balaban J connectivity index is 1.40. The Hall–Kier alpha value is -3.22. The van der Waals surface area contributed by atoms with Crippen molar-refractivity contribution >= 4 is 11.6 Å². The van der Waals surface area contributed by atoms with Crippen molar-refractivity contribution in [3.63, 3.8) is 0 Å². The van der Waals surface area contributed by atoms with Crippen molar-refractivity contribution in [3.05, 3.63) is 93.0 Å². The molecular weight excluding hydrogens is 410 g/mol. The minimum Gasteiger partial charge on any atom is -0.306 e. The number of aryl methyl sites for hydroxylation is 1. The van der Waals surface area contributed by atoms with Gasteiger partial charge < -0.3 is 4.98 Å². The Bertz CT molecular complexity index is 1280. The second kappa shape index (κ2) is 8.13. The zero-order chi connectivity index (χ0) is 21.4. The largest absolute Gasteiger partial charge is 0.306 e. The molecule has 0 fully saturated rings. The lowest BCUT2D eigenvalue weighted by molar-refractivity contribution is 0.242. The normalized spacial score (nSPS) is 13.9. The number of nitrogens with zero attached hydrogens (tertiary/aromatic N) is 4. The molecule has 0 bridgehead atoms. The Morgan fingerprint density at radius 1 is 1.06 bits per heavy atom. The van der Waals surface area contributed by atoms with E-state index in [0.29, 0.717) is 17.4 Å². The molecule has 2 aromatic carbocycles. The van der Waals surface area contributed by atoms with Crippen molar-refractivity contribution in [2.24, 2.45) is 7.05 Å². The molecule has 0 saturated carbocycles. The molecule has 0 spiro atoms. The number of aromatic amines is 1. The lowest BCUT2D eigenvalue weighted by Gasteiger charge is -2.27. The summed E-state index contributed by atoms with van der Waals surface area (Å²) in [6.45, 7) is 2.14. The second-order valence-electron chi connectivity index (χ2n) is 7.85. The summed E-state index contributed by atoms with van der Waals surface area (Å²) in [5.41, 5.74) is 5.64. The number of rotatable bonds is 4. The van der Waals surface area contributed by atoms with Gasteiger partial charge >= 0.3 is 0 Å². The van der Waals surface area contributed by atoms with Gasteiger partial charge in [-0.3, -0.25) is 14.4 Å². The minimum atomic E-state index is -0.0749. The number of hydrogen-bond acceptors (Lipinski definition) is 4. The molecule has 4 aromatic rings. The van der Waals surface area contributed by atoms with E-state index in [9.17, 15) is 4.79 Å². The van der Waals surface area contributed by atoms with Crippen molar-refractivity contribution < 1.29 is 0 Å². The maximum Gasteiger partial charge on any atom is 0.255 e. The molecule has 6 nitrogen and oxygen atoms in total. The van der Waals surface area contributed by atoms with Crippen molar-refractivity contribution in [1.29, 1.82) is 0 Å². The highest BCUT2D eigenvalue weighted by Crippen LogP contribution is 2.25. The van der Waals surface area contributed by atoms with Crippen LogP contribution in [0.3, 0.4) is 0 Å². The number of nitrogens with one attached hydrogen (secondary N) is 1. The highest BCUT2D eigenvalue weighted by molar-refractivity contribution is 6.30. The van der Waals surface area contributed by atoms with Gasteiger partial charge in [-0.05, 0) is 24.3 Å². The summed E-state index contributed by atoms with van der Waals surface area (Å²) in [6.07, 6.45) is 2.80. The van der Waals surface area contributed by atoms with Gasteiger partial charge in [0.15, 0.2) is 0 Å². The molecule has 0 unspecified atom stereocenters. The van der Waals surface area contributed by atoms with E-state index < -0.39 is 0 Å². The molecular formula is C24H22ClN5O. The van der Waals surface area contributed by atoms with Crippen molar-refractivity contribution in [3.8, 4) is 22.6 Å². The number of fused-ring (bicyclic) bond motifs is 1. The molecule has 0 aliphatic carbocycles. The number of hydrogen-bond donors (Lipinski definition) is 1. The Kier molecular flexibility index (Phi) is 5.18. The molecule has 7 heteroatoms. The van der Waals surface area contributed by atoms with Gasteiger partial charge in [-0.1, -0.05) is 41.9 Å². The van der Waals surface area contributed by atoms with Gasteiger partial charge in [0.05, 0.1) is 17.0 Å². The third kappa shape index (κ3) is 4.04. The highest BCUT2D eigenvalue weighted by atomic mass is 35.5. The van der Waals surface area contributed by atoms with Crippen LogP contribution in [0.15, 0.2) is 65.6 Å². The van der Waals surface area contributed by atoms with Crippen molar-refractivity contribution in [2.45, 2.75) is 19.5 Å². The smallest absolute Gasteiger partial charge is 0.255 e. The summed E-state index contributed by atoms with van der Waals surface area (Å²) >= 11 is 5.98. The summed E-state index contributed by atoms with van der Waals surface area (Å²) in [4.78, 5) is 22.8. The van der Waals surface area contributed by atoms with Gasteiger partial charge in [0.2, 0.25) is 0 Å². The molecule has 31 heavy (non-hydrogen) atoms. The summed E-state index contributed by atoms with van der Waals surface area (Å²) < 4.78 is 1.85. The predicted octanol–water partition coefficient (Wildman–Crippen LogP) is 4.05. The van der Waals surface area contributed by atoms with Crippen LogP contribution in [0.1, 0.15) is 16.8 Å². The van der Waals surface area contributed by atoms with Crippen LogP contribution in [-0.4, -0.2) is 31.2 Å². The fourth-order valence-corrected chi connectivity index (χ4v) is 4.22. The molecule has 1 aliphatic heterocycles. The van der Waals surface area contributed by atoms with Crippen molar-refractivity contribution in [1.82, 2.24) is 24.6 Å². The van der Waals surface area contributed by atoms with E-state index in [0.717, 1.165) is 53.2 Å². The fourth-order valence-electron chi connectivity index (χ4n) is 4.09. The van der Waals surface area contributed by atoms with E-state index >= 15 is 0 Å². The molecule has 3 heterocycles. The van der Waals surface area contributed by atoms with E-state index in [-0.39, 0.29) is 5.56 Å². The minimum absolute atomic E-state index is 0.0749. The average Bonchev–Trinajstić information content (AvgIpc) is 3.15. The first-order chi connectivity index (χ1) is 15.1. The summed E-state index contributed by atoms with van der Waals surface area (Å²) in [5.74, 6) is 0.590. The van der Waals surface area contributed by atoms with Crippen LogP contribution in [0.2, 0.25) is 5.02 Å². The van der Waals surface area contributed by atoms with E-state index in [2.05, 4.69) is 33.3 Å². The second-order valence-corrected chi connectivity index (χ2v) is 8.29. The Morgan fingerprint density at radius 2 is 1.84 bits per heavy atom. The third-order valence-electron chi connectivity index (χ3n) is 5.61. The molecule has 2 aromatic heterocycles. The topological polar surface area (TPSA) is 66.8 Å². The summed E-state index contributed by atoms with van der Waals surface area (Å²) in [6, 6.07) is 17.5. The molecule has 156 valence electrons. The van der Waals surface area contributed by atoms with Crippen LogP contribution in [0.4, 0.5) is 0 Å². The molecule has 1 N–H and O–H groups in total. The standard InChI is InChI=1S/C24H22ClN5O/c1-29-13-18(22(28-29)16-5-3-2-4-6-16)14-30-12-11-21-20(15-30)24(31)27-23(26-21)17-7-9-19(25)10-8-17/h2-10,13H,11-12,14-15H2,1H3,(H,26,27,31). The molecule has 0 radical (unpaired) electrons. The van der Waals surface area contributed by atoms with E-state index in [1.807, 2.05) is 42.1 Å². The first-order valence-corrected chi connectivity index (χ1v) is 10.6. The lowest BCUT2D eigenvalue weighted by atomic mass is 10.0. The van der Waals surface area contributed by atoms with E-state index in [4.69, 9.17) is 16.6 Å². The zero-order valence-electron chi connectivity index (χ0n) is 17.2. The molecule has 0 atom stereocenters. The van der Waals surface area contributed by atoms with E-state index in [1.165, 1.54) is 0 Å². The lowest BCUT2D eigenvalue weighted by Crippen LogP contribution is -2.35. The zero-order valence-corrected chi connectivity index (χ0v) is 17.9. The molecule has 5 rings (SSSR count). The van der Waals surface area contributed by atoms with Gasteiger partial charge in [0.25, 0.3) is 5.56 Å². The van der Waals surface area contributed by atoms with E-state index in [1.54, 1.807) is 12.1 Å². The number of H-pyrrole nitrogens is 1. The monoisotopic (exact) mass is 431 g/mol. The average molecular weight is 432 g/mol. The van der Waals surface area contributed by atoms with Crippen LogP contribution in [-0.2, 0) is 26.6 Å². The van der Waals surface area contributed by atoms with Crippen LogP contribution in [0, 0.1) is 0 Å². The van der Waals surface area contributed by atoms with Gasteiger partial charge in [-0.2, -0.15) is 5.10 Å². The van der Waals surface area contributed by atoms with Crippen LogP contribution >= 0.6 is 11.6 Å². The third-order valence-corrected chi connectivity index (χ3v) is 5.86. The molecule has 0 saturated heterocycles. The van der Waals surface area contributed by atoms with Crippen molar-refractivity contribution in [2.75, 3.05) is 6.54 Å². The summed E-state index contributed by atoms with van der Waals surface area (Å²) in [5, 5.41) is 5.32. The van der Waals surface area contributed by atoms with Gasteiger partial charge in [-0.15, -0.1) is 0 Å². The first-order valence-electron chi connectivity index (χ1n) is 10.2. The quantitative estimate of drug-likeness (QED) is 0.529.